The van der Waals surface area contributed by atoms with Crippen LogP contribution >= 0.6 is 15.9 Å². The monoisotopic (exact) mass is 409 g/mol. The number of alkyl halides is 3. The number of carbonyl (C=O) groups is 1. The summed E-state index contributed by atoms with van der Waals surface area (Å²) in [6.07, 6.45) is -4.98. The molecule has 24 heavy (non-hydrogen) atoms. The van der Waals surface area contributed by atoms with Crippen molar-refractivity contribution in [3.8, 4) is 0 Å². The first-order chi connectivity index (χ1) is 11.0. The molecule has 0 fully saturated rings. The first-order valence-electron chi connectivity index (χ1n) is 7.20. The number of pyridine rings is 1. The van der Waals surface area contributed by atoms with Gasteiger partial charge in [-0.15, -0.1) is 0 Å². The molecule has 1 N–H and O–H groups in total. The fourth-order valence-corrected chi connectivity index (χ4v) is 1.97. The molecule has 0 unspecified atom stereocenters. The van der Waals surface area contributed by atoms with E-state index in [1.807, 2.05) is 0 Å². The van der Waals surface area contributed by atoms with Crippen LogP contribution in [0.15, 0.2) is 27.8 Å². The van der Waals surface area contributed by atoms with Crippen LogP contribution in [-0.4, -0.2) is 41.7 Å². The summed E-state index contributed by atoms with van der Waals surface area (Å²) >= 11 is 3.04. The van der Waals surface area contributed by atoms with Gasteiger partial charge >= 0.3 is 12.3 Å². The Hall–Kier alpha value is -1.64. The van der Waals surface area contributed by atoms with Crippen molar-refractivity contribution < 1.29 is 22.7 Å². The number of amides is 1. The summed E-state index contributed by atoms with van der Waals surface area (Å²) in [6, 6.07) is 4.23. The van der Waals surface area contributed by atoms with Crippen LogP contribution in [0.25, 0.3) is 0 Å². The Morgan fingerprint density at radius 2 is 2.00 bits per heavy atom. The third-order valence-corrected chi connectivity index (χ3v) is 2.94. The van der Waals surface area contributed by atoms with Crippen molar-refractivity contribution in [2.24, 2.45) is 4.99 Å². The van der Waals surface area contributed by atoms with Crippen LogP contribution in [0.2, 0.25) is 0 Å². The third kappa shape index (κ3) is 7.76. The number of aliphatic imine (C=N–C) groups is 1. The summed E-state index contributed by atoms with van der Waals surface area (Å²) in [5.41, 5.74) is -1.92. The highest BCUT2D eigenvalue weighted by molar-refractivity contribution is 9.10. The van der Waals surface area contributed by atoms with Crippen molar-refractivity contribution in [1.82, 2.24) is 10.3 Å². The number of aromatic nitrogens is 1. The molecule has 9 heteroatoms. The second-order valence-electron chi connectivity index (χ2n) is 5.86. The van der Waals surface area contributed by atoms with Gasteiger partial charge in [-0.3, -0.25) is 4.99 Å². The van der Waals surface area contributed by atoms with E-state index in [0.29, 0.717) is 4.60 Å². The van der Waals surface area contributed by atoms with Crippen LogP contribution in [-0.2, 0) is 4.74 Å². The van der Waals surface area contributed by atoms with E-state index in [4.69, 9.17) is 4.74 Å². The van der Waals surface area contributed by atoms with Gasteiger partial charge < -0.3 is 10.1 Å². The first kappa shape index (κ1) is 20.4. The molecule has 1 amide bonds. The van der Waals surface area contributed by atoms with E-state index in [9.17, 15) is 18.0 Å². The van der Waals surface area contributed by atoms with E-state index in [-0.39, 0.29) is 25.2 Å². The van der Waals surface area contributed by atoms with Crippen molar-refractivity contribution in [2.75, 3.05) is 13.1 Å². The van der Waals surface area contributed by atoms with E-state index in [2.05, 4.69) is 31.2 Å². The number of hydrogen-bond donors (Lipinski definition) is 1. The molecule has 0 spiro atoms. The Bertz CT molecular complexity index is 598. The van der Waals surface area contributed by atoms with Gasteiger partial charge in [-0.1, -0.05) is 6.07 Å². The summed E-state index contributed by atoms with van der Waals surface area (Å²) in [4.78, 5) is 18.8. The standard InChI is InChI=1S/C15H19BrF3N3O2/c1-14(2,3)24-13(23)21-9-5-8-20-12(15(17,18)19)10-6-4-7-11(16)22-10/h4,6-7H,5,8-9H2,1-3H3,(H,21,23)/b20-12-. The van der Waals surface area contributed by atoms with Gasteiger partial charge in [0.05, 0.1) is 5.69 Å². The number of halogens is 4. The molecule has 1 rings (SSSR count). The van der Waals surface area contributed by atoms with Gasteiger partial charge in [-0.25, -0.2) is 9.78 Å². The topological polar surface area (TPSA) is 63.6 Å². The molecule has 0 aliphatic heterocycles. The Balaban J connectivity index is 2.60. The number of alkyl carbamates (subject to hydrolysis) is 1. The van der Waals surface area contributed by atoms with Crippen molar-refractivity contribution >= 4 is 27.7 Å². The minimum atomic E-state index is -4.60. The van der Waals surface area contributed by atoms with Gasteiger partial charge in [0.25, 0.3) is 0 Å². The van der Waals surface area contributed by atoms with Gasteiger partial charge in [0.2, 0.25) is 0 Å². The third-order valence-electron chi connectivity index (χ3n) is 2.50. The normalized spacial score (nSPS) is 12.9. The number of carbonyl (C=O) groups excluding carboxylic acids is 1. The molecule has 0 saturated heterocycles. The number of rotatable bonds is 5. The molecule has 134 valence electrons. The zero-order valence-corrected chi connectivity index (χ0v) is 15.2. The van der Waals surface area contributed by atoms with Crippen LogP contribution in [0.3, 0.4) is 0 Å². The first-order valence-corrected chi connectivity index (χ1v) is 8.00. The summed E-state index contributed by atoms with van der Waals surface area (Å²) in [5, 5.41) is 2.47. The van der Waals surface area contributed by atoms with Crippen LogP contribution in [0.5, 0.6) is 0 Å². The smallest absolute Gasteiger partial charge is 0.435 e. The van der Waals surface area contributed by atoms with Crippen LogP contribution in [0.1, 0.15) is 32.9 Å². The highest BCUT2D eigenvalue weighted by Gasteiger charge is 2.37. The average Bonchev–Trinajstić information content (AvgIpc) is 2.39. The summed E-state index contributed by atoms with van der Waals surface area (Å²) < 4.78 is 44.6. The molecule has 0 bridgehead atoms. The largest absolute Gasteiger partial charge is 0.444 e. The fourth-order valence-electron chi connectivity index (χ4n) is 1.63. The van der Waals surface area contributed by atoms with E-state index in [1.54, 1.807) is 20.8 Å². The molecule has 1 aromatic heterocycles. The Morgan fingerprint density at radius 1 is 1.33 bits per heavy atom. The lowest BCUT2D eigenvalue weighted by Crippen LogP contribution is -2.33. The predicted molar refractivity (Wildman–Crippen MR) is 88.2 cm³/mol. The lowest BCUT2D eigenvalue weighted by Gasteiger charge is -2.19. The number of hydrogen-bond acceptors (Lipinski definition) is 4. The minimum absolute atomic E-state index is 0.0984. The van der Waals surface area contributed by atoms with Crippen molar-refractivity contribution in [1.29, 1.82) is 0 Å². The second-order valence-corrected chi connectivity index (χ2v) is 6.67. The zero-order chi connectivity index (χ0) is 18.4. The molecule has 0 atom stereocenters. The van der Waals surface area contributed by atoms with Crippen LogP contribution in [0, 0.1) is 0 Å². The maximum Gasteiger partial charge on any atom is 0.435 e. The summed E-state index contributed by atoms with van der Waals surface area (Å²) in [6.45, 7) is 5.22. The Kier molecular flexibility index (Phi) is 7.19. The summed E-state index contributed by atoms with van der Waals surface area (Å²) in [5.74, 6) is 0. The lowest BCUT2D eigenvalue weighted by atomic mass is 10.2. The molecule has 0 aliphatic carbocycles. The number of nitrogens with one attached hydrogen (secondary N) is 1. The van der Waals surface area contributed by atoms with E-state index in [1.165, 1.54) is 18.2 Å². The minimum Gasteiger partial charge on any atom is -0.444 e. The molecular weight excluding hydrogens is 391 g/mol. The molecule has 1 heterocycles. The molecule has 0 aromatic carbocycles. The van der Waals surface area contributed by atoms with Gasteiger partial charge in [-0.05, 0) is 55.3 Å². The fraction of sp³-hybridized carbons (Fsp3) is 0.533. The quantitative estimate of drug-likeness (QED) is 0.452. The average molecular weight is 410 g/mol. The lowest BCUT2D eigenvalue weighted by molar-refractivity contribution is -0.0584. The zero-order valence-electron chi connectivity index (χ0n) is 13.6. The van der Waals surface area contributed by atoms with Crippen LogP contribution in [0.4, 0.5) is 18.0 Å². The van der Waals surface area contributed by atoms with Gasteiger partial charge in [0, 0.05) is 13.1 Å². The van der Waals surface area contributed by atoms with E-state index < -0.39 is 23.6 Å². The highest BCUT2D eigenvalue weighted by atomic mass is 79.9. The number of ether oxygens (including phenoxy) is 1. The van der Waals surface area contributed by atoms with Gasteiger partial charge in [0.15, 0.2) is 5.71 Å². The molecular formula is C15H19BrF3N3O2. The Morgan fingerprint density at radius 3 is 2.54 bits per heavy atom. The SMILES string of the molecule is CC(C)(C)OC(=O)NCCC/N=C(/c1cccc(Br)n1)C(F)(F)F. The molecule has 0 radical (unpaired) electrons. The van der Waals surface area contributed by atoms with Gasteiger partial charge in [-0.2, -0.15) is 13.2 Å². The van der Waals surface area contributed by atoms with E-state index in [0.717, 1.165) is 0 Å². The molecule has 0 saturated carbocycles. The Labute approximate surface area is 146 Å². The second kappa shape index (κ2) is 8.46. The summed E-state index contributed by atoms with van der Waals surface area (Å²) in [7, 11) is 0. The van der Waals surface area contributed by atoms with Crippen LogP contribution < -0.4 is 5.32 Å². The maximum absolute atomic E-state index is 13.1. The predicted octanol–water partition coefficient (Wildman–Crippen LogP) is 4.11. The molecule has 5 nitrogen and oxygen atoms in total. The number of nitrogens with zero attached hydrogens (tertiary/aromatic N) is 2. The van der Waals surface area contributed by atoms with Gasteiger partial charge in [0.1, 0.15) is 10.2 Å². The van der Waals surface area contributed by atoms with Crippen molar-refractivity contribution in [2.45, 2.75) is 39.0 Å². The maximum atomic E-state index is 13.1. The van der Waals surface area contributed by atoms with E-state index >= 15 is 0 Å². The molecule has 0 aliphatic rings. The molecule has 1 aromatic rings. The van der Waals surface area contributed by atoms with Crippen molar-refractivity contribution in [3.63, 3.8) is 0 Å². The highest BCUT2D eigenvalue weighted by Crippen LogP contribution is 2.22. The van der Waals surface area contributed by atoms with Crippen molar-refractivity contribution in [3.05, 3.63) is 28.5 Å².